The van der Waals surface area contributed by atoms with E-state index in [0.717, 1.165) is 83.2 Å². The molecule has 2 aromatic heterocycles. The second kappa shape index (κ2) is 15.2. The van der Waals surface area contributed by atoms with Crippen LogP contribution in [0.2, 0.25) is 0 Å². The largest absolute Gasteiger partial charge is 0.344 e. The number of nitrogens with one attached hydrogen (secondary N) is 1. The van der Waals surface area contributed by atoms with Crippen LogP contribution in [0.3, 0.4) is 0 Å². The lowest BCUT2D eigenvalue weighted by molar-refractivity contribution is 0.674. The summed E-state index contributed by atoms with van der Waals surface area (Å²) >= 11 is 0. The maximum Gasteiger partial charge on any atom is 0.235 e. The first-order chi connectivity index (χ1) is 32.8. The van der Waals surface area contributed by atoms with E-state index in [2.05, 4.69) is 210 Å². The molecular weight excluding hydrogens is 805 g/mol. The second-order valence-electron chi connectivity index (χ2n) is 16.9. The number of aromatic nitrogens is 3. The van der Waals surface area contributed by atoms with Gasteiger partial charge in [-0.25, -0.2) is 20.0 Å². The van der Waals surface area contributed by atoms with E-state index in [1.807, 2.05) is 30.3 Å². The second-order valence-corrected chi connectivity index (χ2v) is 16.9. The van der Waals surface area contributed by atoms with Crippen molar-refractivity contribution in [3.63, 3.8) is 0 Å². The Balaban J connectivity index is 1.22. The van der Waals surface area contributed by atoms with E-state index in [1.165, 1.54) is 16.7 Å². The molecule has 0 radical (unpaired) electrons. The van der Waals surface area contributed by atoms with Crippen LogP contribution in [0, 0.1) is 0 Å². The summed E-state index contributed by atoms with van der Waals surface area (Å²) in [5, 5.41) is 7.01. The minimum absolute atomic E-state index is 0.395. The SMILES string of the molecule is c1ccc(C2=NC(c3ccccc3)NC(c3cc4c(c5c3c3ccccc3n5-c3nc(-c5ccccc5)c5ccccc5n3)-c3ccccc3C4(c3ccccc3)c3ccccc3)=N2)cc1. The lowest BCUT2D eigenvalue weighted by Crippen LogP contribution is -2.34. The Morgan fingerprint density at radius 1 is 0.485 bits per heavy atom. The van der Waals surface area contributed by atoms with Gasteiger partial charge in [0, 0.05) is 38.4 Å². The molecule has 11 aromatic rings. The van der Waals surface area contributed by atoms with Gasteiger partial charge in [-0.2, -0.15) is 0 Å². The highest BCUT2D eigenvalue weighted by Gasteiger charge is 2.48. The van der Waals surface area contributed by atoms with Gasteiger partial charge in [0.2, 0.25) is 5.95 Å². The number of rotatable bonds is 7. The van der Waals surface area contributed by atoms with Crippen molar-refractivity contribution in [1.82, 2.24) is 19.9 Å². The maximum absolute atomic E-state index is 5.58. The summed E-state index contributed by atoms with van der Waals surface area (Å²) in [5.74, 6) is 2.00. The van der Waals surface area contributed by atoms with E-state index in [9.17, 15) is 0 Å². The number of hydrogen-bond donors (Lipinski definition) is 1. The van der Waals surface area contributed by atoms with Gasteiger partial charge in [-0.05, 0) is 51.6 Å². The van der Waals surface area contributed by atoms with Crippen molar-refractivity contribution >= 4 is 44.4 Å². The molecule has 6 heteroatoms. The predicted octanol–water partition coefficient (Wildman–Crippen LogP) is 13.3. The summed E-state index contributed by atoms with van der Waals surface area (Å²) in [4.78, 5) is 21.8. The van der Waals surface area contributed by atoms with Crippen LogP contribution in [-0.2, 0) is 5.41 Å². The molecule has 1 aliphatic heterocycles. The fraction of sp³-hybridized carbons (Fsp3) is 0.0333. The highest BCUT2D eigenvalue weighted by molar-refractivity contribution is 6.26. The highest BCUT2D eigenvalue weighted by atomic mass is 15.2. The minimum atomic E-state index is -0.706. The average Bonchev–Trinajstić information content (AvgIpc) is 3.90. The van der Waals surface area contributed by atoms with E-state index in [-0.39, 0.29) is 0 Å². The van der Waals surface area contributed by atoms with Crippen molar-refractivity contribution in [2.24, 2.45) is 9.98 Å². The third-order valence-electron chi connectivity index (χ3n) is 13.3. The van der Waals surface area contributed by atoms with E-state index in [0.29, 0.717) is 11.8 Å². The molecule has 0 spiro atoms. The first-order valence-corrected chi connectivity index (χ1v) is 22.4. The fourth-order valence-corrected chi connectivity index (χ4v) is 10.6. The Morgan fingerprint density at radius 3 is 1.77 bits per heavy atom. The molecule has 1 unspecified atom stereocenters. The zero-order valence-electron chi connectivity index (χ0n) is 35.8. The van der Waals surface area contributed by atoms with Crippen LogP contribution >= 0.6 is 0 Å². The number of para-hydroxylation sites is 2. The Kier molecular flexibility index (Phi) is 8.71. The normalized spacial score (nSPS) is 14.9. The van der Waals surface area contributed by atoms with E-state index in [4.69, 9.17) is 20.0 Å². The zero-order valence-corrected chi connectivity index (χ0v) is 35.8. The van der Waals surface area contributed by atoms with Crippen LogP contribution in [0.4, 0.5) is 0 Å². The topological polar surface area (TPSA) is 67.5 Å². The lowest BCUT2D eigenvalue weighted by atomic mass is 9.67. The third-order valence-corrected chi connectivity index (χ3v) is 13.3. The fourth-order valence-electron chi connectivity index (χ4n) is 10.6. The number of nitrogens with zero attached hydrogens (tertiary/aromatic N) is 5. The van der Waals surface area contributed by atoms with Crippen molar-refractivity contribution in [1.29, 1.82) is 0 Å². The molecule has 6 nitrogen and oxygen atoms in total. The van der Waals surface area contributed by atoms with Gasteiger partial charge in [0.25, 0.3) is 0 Å². The molecule has 1 aliphatic carbocycles. The van der Waals surface area contributed by atoms with Gasteiger partial charge in [-0.1, -0.05) is 212 Å². The molecule has 0 bridgehead atoms. The number of hydrogen-bond acceptors (Lipinski definition) is 5. The molecule has 0 amide bonds. The van der Waals surface area contributed by atoms with E-state index < -0.39 is 11.6 Å². The minimum Gasteiger partial charge on any atom is -0.344 e. The quantitative estimate of drug-likeness (QED) is 0.174. The summed E-state index contributed by atoms with van der Waals surface area (Å²) in [6, 6.07) is 81.5. The van der Waals surface area contributed by atoms with Crippen molar-refractivity contribution in [2.45, 2.75) is 11.6 Å². The molecule has 66 heavy (non-hydrogen) atoms. The molecule has 0 fully saturated rings. The third kappa shape index (κ3) is 5.75. The number of aliphatic imine (C=N–C) groups is 2. The average molecular weight is 845 g/mol. The number of fused-ring (bicyclic) bond motifs is 8. The molecule has 0 saturated heterocycles. The molecule has 9 aromatic carbocycles. The first kappa shape index (κ1) is 37.8. The van der Waals surface area contributed by atoms with Gasteiger partial charge < -0.3 is 5.32 Å². The highest BCUT2D eigenvalue weighted by Crippen LogP contribution is 2.59. The van der Waals surface area contributed by atoms with Gasteiger partial charge in [0.1, 0.15) is 12.0 Å². The number of benzene rings is 9. The molecule has 310 valence electrons. The Morgan fingerprint density at radius 2 is 1.06 bits per heavy atom. The van der Waals surface area contributed by atoms with Crippen LogP contribution < -0.4 is 5.32 Å². The Labute approximate surface area is 382 Å². The van der Waals surface area contributed by atoms with Crippen LogP contribution in [0.15, 0.2) is 241 Å². The van der Waals surface area contributed by atoms with Crippen LogP contribution in [0.25, 0.3) is 61.0 Å². The van der Waals surface area contributed by atoms with Gasteiger partial charge in [-0.15, -0.1) is 0 Å². The molecule has 1 atom stereocenters. The summed E-state index contributed by atoms with van der Waals surface area (Å²) < 4.78 is 2.32. The van der Waals surface area contributed by atoms with Crippen molar-refractivity contribution in [3.05, 3.63) is 269 Å². The summed E-state index contributed by atoms with van der Waals surface area (Å²) in [6.07, 6.45) is -0.395. The molecular formula is C60H40N6. The Hall–Kier alpha value is -8.74. The monoisotopic (exact) mass is 844 g/mol. The van der Waals surface area contributed by atoms with E-state index in [1.54, 1.807) is 0 Å². The van der Waals surface area contributed by atoms with Gasteiger partial charge in [0.05, 0.1) is 27.7 Å². The molecule has 13 rings (SSSR count). The van der Waals surface area contributed by atoms with Crippen molar-refractivity contribution < 1.29 is 0 Å². The zero-order chi connectivity index (χ0) is 43.6. The first-order valence-electron chi connectivity index (χ1n) is 22.4. The molecule has 0 saturated carbocycles. The Bertz CT molecular complexity index is 3670. The lowest BCUT2D eigenvalue weighted by Gasteiger charge is -2.34. The number of amidine groups is 2. The van der Waals surface area contributed by atoms with Crippen molar-refractivity contribution in [2.75, 3.05) is 0 Å². The van der Waals surface area contributed by atoms with Crippen LogP contribution in [0.5, 0.6) is 0 Å². The molecule has 3 heterocycles. The van der Waals surface area contributed by atoms with Gasteiger partial charge >= 0.3 is 0 Å². The maximum atomic E-state index is 5.58. The molecule has 2 aliphatic rings. The van der Waals surface area contributed by atoms with Crippen LogP contribution in [0.1, 0.15) is 45.1 Å². The summed E-state index contributed by atoms with van der Waals surface area (Å²) in [5.41, 5.74) is 14.1. The summed E-state index contributed by atoms with van der Waals surface area (Å²) in [6.45, 7) is 0. The van der Waals surface area contributed by atoms with Gasteiger partial charge in [-0.3, -0.25) is 4.57 Å². The smallest absolute Gasteiger partial charge is 0.235 e. The van der Waals surface area contributed by atoms with E-state index >= 15 is 0 Å². The summed E-state index contributed by atoms with van der Waals surface area (Å²) in [7, 11) is 0. The van der Waals surface area contributed by atoms with Gasteiger partial charge in [0.15, 0.2) is 5.84 Å². The van der Waals surface area contributed by atoms with Crippen molar-refractivity contribution in [3.8, 4) is 28.3 Å². The standard InChI is InChI=1S/C60H40N6/c1-6-22-39(23-7-1)54-45-33-17-20-36-50(45)61-59(62-54)66-51-37-21-18-34-46(51)52-47(58-64-56(40-24-8-2-9-25-40)63-57(65-58)41-26-10-3-11-27-41)38-49-53(55(52)66)44-32-16-19-35-48(44)60(49,42-28-12-4-13-29-42)43-30-14-5-15-31-43/h1-38,56H,(H,63,64,65). The molecule has 1 N–H and O–H groups in total. The predicted molar refractivity (Wildman–Crippen MR) is 268 cm³/mol. The van der Waals surface area contributed by atoms with Crippen LogP contribution in [-0.4, -0.2) is 26.2 Å².